The van der Waals surface area contributed by atoms with Gasteiger partial charge in [0.25, 0.3) is 0 Å². The van der Waals surface area contributed by atoms with E-state index in [1.165, 1.54) is 12.3 Å². The van der Waals surface area contributed by atoms with Gasteiger partial charge in [-0.15, -0.1) is 24.0 Å². The second-order valence-electron chi connectivity index (χ2n) is 6.66. The number of pyridine rings is 1. The zero-order chi connectivity index (χ0) is 22.1. The van der Waals surface area contributed by atoms with Crippen LogP contribution in [0.3, 0.4) is 0 Å². The summed E-state index contributed by atoms with van der Waals surface area (Å²) in [4.78, 5) is 8.00. The zero-order valence-electron chi connectivity index (χ0n) is 17.3. The Bertz CT molecular complexity index is 995. The molecule has 2 aromatic heterocycles. The number of alkyl halides is 3. The number of hydrogen-bond acceptors (Lipinski definition) is 4. The molecule has 2 heterocycles. The summed E-state index contributed by atoms with van der Waals surface area (Å²) in [5.41, 5.74) is 2.96. The van der Waals surface area contributed by atoms with E-state index in [9.17, 15) is 13.2 Å². The van der Waals surface area contributed by atoms with Crippen molar-refractivity contribution in [2.45, 2.75) is 25.8 Å². The third-order valence-electron chi connectivity index (χ3n) is 4.32. The summed E-state index contributed by atoms with van der Waals surface area (Å²) in [5, 5.41) is 10.6. The smallest absolute Gasteiger partial charge is 0.422 e. The maximum Gasteiger partial charge on any atom is 0.422 e. The number of guanidine groups is 1. The highest BCUT2D eigenvalue weighted by Gasteiger charge is 2.28. The van der Waals surface area contributed by atoms with Crippen LogP contribution in [-0.2, 0) is 19.6 Å². The topological polar surface area (TPSA) is 76.4 Å². The fourth-order valence-corrected chi connectivity index (χ4v) is 2.83. The molecule has 1 aromatic carbocycles. The number of halogens is 4. The summed E-state index contributed by atoms with van der Waals surface area (Å²) in [7, 11) is 1.65. The average Bonchev–Trinajstić information content (AvgIpc) is 3.26. The number of rotatable bonds is 8. The van der Waals surface area contributed by atoms with Crippen molar-refractivity contribution < 1.29 is 17.9 Å². The van der Waals surface area contributed by atoms with E-state index in [0.717, 1.165) is 11.1 Å². The predicted molar refractivity (Wildman–Crippen MR) is 126 cm³/mol. The van der Waals surface area contributed by atoms with Crippen molar-refractivity contribution in [3.05, 3.63) is 77.7 Å². The van der Waals surface area contributed by atoms with Crippen LogP contribution in [0.25, 0.3) is 0 Å². The first-order valence-corrected chi connectivity index (χ1v) is 9.56. The van der Waals surface area contributed by atoms with E-state index >= 15 is 0 Å². The number of aromatic nitrogens is 3. The van der Waals surface area contributed by atoms with Gasteiger partial charge in [-0.1, -0.05) is 24.3 Å². The normalized spacial score (nSPS) is 11.6. The van der Waals surface area contributed by atoms with Crippen molar-refractivity contribution in [2.24, 2.45) is 4.99 Å². The molecule has 0 atom stereocenters. The molecule has 0 spiro atoms. The van der Waals surface area contributed by atoms with Gasteiger partial charge in [-0.05, 0) is 28.8 Å². The van der Waals surface area contributed by atoms with Crippen molar-refractivity contribution >= 4 is 29.9 Å². The van der Waals surface area contributed by atoms with Crippen molar-refractivity contribution in [1.82, 2.24) is 25.4 Å². The molecule has 172 valence electrons. The van der Waals surface area contributed by atoms with Crippen LogP contribution >= 0.6 is 24.0 Å². The average molecular weight is 560 g/mol. The van der Waals surface area contributed by atoms with E-state index in [1.54, 1.807) is 19.3 Å². The van der Waals surface area contributed by atoms with Gasteiger partial charge in [0, 0.05) is 44.8 Å². The summed E-state index contributed by atoms with van der Waals surface area (Å²) < 4.78 is 43.5. The number of ether oxygens (including phenoxy) is 1. The second-order valence-corrected chi connectivity index (χ2v) is 6.66. The molecule has 0 bridgehead atoms. The molecular weight excluding hydrogens is 536 g/mol. The Morgan fingerprint density at radius 2 is 1.81 bits per heavy atom. The maximum absolute atomic E-state index is 12.3. The van der Waals surface area contributed by atoms with Gasteiger partial charge >= 0.3 is 6.18 Å². The Kier molecular flexibility index (Phi) is 9.75. The third kappa shape index (κ3) is 8.36. The minimum absolute atomic E-state index is 0. The summed E-state index contributed by atoms with van der Waals surface area (Å²) in [6, 6.07) is 13.1. The maximum atomic E-state index is 12.3. The molecule has 2 N–H and O–H groups in total. The van der Waals surface area contributed by atoms with Gasteiger partial charge in [-0.3, -0.25) is 9.67 Å². The molecular formula is C21H24F3IN6O. The van der Waals surface area contributed by atoms with Gasteiger partial charge in [-0.25, -0.2) is 4.98 Å². The standard InChI is InChI=1S/C21H23F3N6O.HI/c1-25-20(27-12-16-7-9-26-19(11-16)31-15-21(22,23)24)28-13-17-5-2-3-6-18(17)14-30-10-4-8-29-30;/h2-11H,12-15H2,1H3,(H2,25,27,28);1H. The van der Waals surface area contributed by atoms with Crippen molar-refractivity contribution in [2.75, 3.05) is 13.7 Å². The van der Waals surface area contributed by atoms with E-state index in [-0.39, 0.29) is 29.9 Å². The molecule has 0 saturated carbocycles. The molecule has 0 aliphatic heterocycles. The largest absolute Gasteiger partial charge is 0.468 e. The van der Waals surface area contributed by atoms with Crippen LogP contribution in [0.5, 0.6) is 5.88 Å². The van der Waals surface area contributed by atoms with Crippen LogP contribution in [0.15, 0.2) is 66.0 Å². The van der Waals surface area contributed by atoms with E-state index in [1.807, 2.05) is 41.2 Å². The van der Waals surface area contributed by atoms with Gasteiger partial charge in [0.2, 0.25) is 5.88 Å². The summed E-state index contributed by atoms with van der Waals surface area (Å²) >= 11 is 0. The molecule has 0 saturated heterocycles. The van der Waals surface area contributed by atoms with Gasteiger partial charge < -0.3 is 15.4 Å². The monoisotopic (exact) mass is 560 g/mol. The first-order valence-electron chi connectivity index (χ1n) is 9.56. The van der Waals surface area contributed by atoms with E-state index < -0.39 is 12.8 Å². The van der Waals surface area contributed by atoms with Crippen molar-refractivity contribution in [3.8, 4) is 5.88 Å². The van der Waals surface area contributed by atoms with Crippen LogP contribution in [0.1, 0.15) is 16.7 Å². The van der Waals surface area contributed by atoms with E-state index in [0.29, 0.717) is 31.2 Å². The van der Waals surface area contributed by atoms with Crippen molar-refractivity contribution in [3.63, 3.8) is 0 Å². The Morgan fingerprint density at radius 1 is 1.06 bits per heavy atom. The Labute approximate surface area is 201 Å². The minimum atomic E-state index is -4.41. The van der Waals surface area contributed by atoms with Crippen LogP contribution < -0.4 is 15.4 Å². The SMILES string of the molecule is CN=C(NCc1ccnc(OCC(F)(F)F)c1)NCc1ccccc1Cn1cccn1.I. The number of aliphatic imine (C=N–C) groups is 1. The summed E-state index contributed by atoms with van der Waals surface area (Å²) in [5.74, 6) is 0.482. The van der Waals surface area contributed by atoms with Gasteiger partial charge in [0.15, 0.2) is 12.6 Å². The third-order valence-corrected chi connectivity index (χ3v) is 4.32. The highest BCUT2D eigenvalue weighted by atomic mass is 127. The molecule has 0 aliphatic carbocycles. The summed E-state index contributed by atoms with van der Waals surface area (Å²) in [6.45, 7) is 0.180. The zero-order valence-corrected chi connectivity index (χ0v) is 19.7. The molecule has 0 fully saturated rings. The predicted octanol–water partition coefficient (Wildman–Crippen LogP) is 3.75. The molecule has 0 radical (unpaired) electrons. The van der Waals surface area contributed by atoms with Crippen LogP contribution in [-0.4, -0.2) is 40.6 Å². The molecule has 0 aliphatic rings. The Balaban J connectivity index is 0.00000363. The van der Waals surface area contributed by atoms with Crippen LogP contribution in [0.4, 0.5) is 13.2 Å². The lowest BCUT2D eigenvalue weighted by molar-refractivity contribution is -0.154. The highest BCUT2D eigenvalue weighted by molar-refractivity contribution is 14.0. The molecule has 32 heavy (non-hydrogen) atoms. The lowest BCUT2D eigenvalue weighted by atomic mass is 10.1. The van der Waals surface area contributed by atoms with Gasteiger partial charge in [-0.2, -0.15) is 18.3 Å². The number of nitrogens with one attached hydrogen (secondary N) is 2. The minimum Gasteiger partial charge on any atom is -0.468 e. The van der Waals surface area contributed by atoms with Gasteiger partial charge in [0.1, 0.15) is 0 Å². The fraction of sp³-hybridized carbons (Fsp3) is 0.286. The van der Waals surface area contributed by atoms with Gasteiger partial charge in [0.05, 0.1) is 6.54 Å². The first kappa shape index (κ1) is 25.4. The lowest BCUT2D eigenvalue weighted by Gasteiger charge is -2.15. The number of nitrogens with zero attached hydrogens (tertiary/aromatic N) is 4. The van der Waals surface area contributed by atoms with Crippen molar-refractivity contribution in [1.29, 1.82) is 0 Å². The molecule has 7 nitrogen and oxygen atoms in total. The second kappa shape index (κ2) is 12.3. The molecule has 11 heteroatoms. The van der Waals surface area contributed by atoms with Crippen LogP contribution in [0.2, 0.25) is 0 Å². The Morgan fingerprint density at radius 3 is 2.50 bits per heavy atom. The quantitative estimate of drug-likeness (QED) is 0.250. The molecule has 0 amide bonds. The molecule has 3 rings (SSSR count). The highest BCUT2D eigenvalue weighted by Crippen LogP contribution is 2.17. The molecule has 3 aromatic rings. The number of benzene rings is 1. The first-order chi connectivity index (χ1) is 14.9. The summed E-state index contributed by atoms with van der Waals surface area (Å²) in [6.07, 6.45) is 0.650. The van der Waals surface area contributed by atoms with E-state index in [4.69, 9.17) is 0 Å². The molecule has 0 unspecified atom stereocenters. The number of hydrogen-bond donors (Lipinski definition) is 2. The Hall–Kier alpha value is -2.83. The van der Waals surface area contributed by atoms with E-state index in [2.05, 4.69) is 30.4 Å². The van der Waals surface area contributed by atoms with Crippen LogP contribution in [0, 0.1) is 0 Å². The fourth-order valence-electron chi connectivity index (χ4n) is 2.83. The lowest BCUT2D eigenvalue weighted by Crippen LogP contribution is -2.36.